The molecule has 8 heteroatoms. The molecule has 0 saturated heterocycles. The third-order valence-corrected chi connectivity index (χ3v) is 3.67. The molecule has 0 saturated carbocycles. The molecule has 1 aromatic heterocycles. The molecule has 0 spiro atoms. The summed E-state index contributed by atoms with van der Waals surface area (Å²) >= 11 is 0. The lowest BCUT2D eigenvalue weighted by atomic mass is 9.92. The number of rotatable bonds is 4. The Labute approximate surface area is 137 Å². The number of nitrogen functional groups attached to an aromatic ring is 1. The van der Waals surface area contributed by atoms with Crippen LogP contribution in [-0.2, 0) is 0 Å². The highest BCUT2D eigenvalue weighted by molar-refractivity contribution is 6.07. The molecule has 0 aliphatic rings. The minimum absolute atomic E-state index is 0.195. The predicted molar refractivity (Wildman–Crippen MR) is 89.9 cm³/mol. The highest BCUT2D eigenvalue weighted by Crippen LogP contribution is 2.33. The van der Waals surface area contributed by atoms with Crippen LogP contribution in [0.25, 0.3) is 11.1 Å². The number of carboxylic acids is 2. The van der Waals surface area contributed by atoms with E-state index >= 15 is 0 Å². The number of aryl methyl sites for hydroxylation is 1. The third kappa shape index (κ3) is 2.81. The van der Waals surface area contributed by atoms with Gasteiger partial charge < -0.3 is 25.8 Å². The number of carbonyl (C=O) groups is 2. The lowest BCUT2D eigenvalue weighted by Gasteiger charge is -2.17. The first-order valence-electron chi connectivity index (χ1n) is 6.95. The molecule has 0 amide bonds. The number of H-pyrrole nitrogens is 1. The van der Waals surface area contributed by atoms with Crippen LogP contribution >= 0.6 is 0 Å². The average Bonchev–Trinajstić information content (AvgIpc) is 2.45. The van der Waals surface area contributed by atoms with Crippen molar-refractivity contribution in [2.24, 2.45) is 0 Å². The van der Waals surface area contributed by atoms with E-state index in [0.717, 1.165) is 5.69 Å². The van der Waals surface area contributed by atoms with Crippen LogP contribution in [0.4, 0.5) is 11.5 Å². The first-order chi connectivity index (χ1) is 11.1. The van der Waals surface area contributed by atoms with Crippen molar-refractivity contribution < 1.29 is 19.8 Å². The van der Waals surface area contributed by atoms with Crippen molar-refractivity contribution in [2.45, 2.75) is 6.92 Å². The molecular formula is C16H17N3O5. The Balaban J connectivity index is 2.94. The Bertz CT molecular complexity index is 899. The summed E-state index contributed by atoms with van der Waals surface area (Å²) in [5.41, 5.74) is 5.19. The van der Waals surface area contributed by atoms with E-state index in [9.17, 15) is 24.6 Å². The standard InChI is InChI=1S/C16H17N3O5/c1-7-6-8(19(2)3)4-5-9(7)10-11(15(21)22)13(17)18-14(20)12(10)16(23)24/h4-6H,1-3H3,(H,21,22)(H,23,24)(H3,17,18,20). The minimum atomic E-state index is -1.52. The molecule has 1 aromatic carbocycles. The van der Waals surface area contributed by atoms with Crippen LogP contribution in [0.2, 0.25) is 0 Å². The van der Waals surface area contributed by atoms with Gasteiger partial charge in [0.1, 0.15) is 16.9 Å². The fourth-order valence-electron chi connectivity index (χ4n) is 2.52. The van der Waals surface area contributed by atoms with Crippen molar-refractivity contribution in [3.63, 3.8) is 0 Å². The van der Waals surface area contributed by atoms with Gasteiger partial charge in [-0.05, 0) is 30.2 Å². The van der Waals surface area contributed by atoms with Crippen LogP contribution in [0.1, 0.15) is 26.3 Å². The molecule has 0 bridgehead atoms. The number of nitrogens with one attached hydrogen (secondary N) is 1. The number of pyridine rings is 1. The van der Waals surface area contributed by atoms with E-state index in [1.54, 1.807) is 25.1 Å². The molecule has 0 fully saturated rings. The van der Waals surface area contributed by atoms with E-state index < -0.39 is 28.6 Å². The molecule has 24 heavy (non-hydrogen) atoms. The van der Waals surface area contributed by atoms with Crippen molar-refractivity contribution in [3.05, 3.63) is 45.2 Å². The minimum Gasteiger partial charge on any atom is -0.478 e. The van der Waals surface area contributed by atoms with Crippen LogP contribution in [-0.4, -0.2) is 41.2 Å². The van der Waals surface area contributed by atoms with Crippen molar-refractivity contribution >= 4 is 23.4 Å². The summed E-state index contributed by atoms with van der Waals surface area (Å²) < 4.78 is 0. The Hall–Kier alpha value is -3.29. The molecule has 8 nitrogen and oxygen atoms in total. The molecule has 2 aromatic rings. The summed E-state index contributed by atoms with van der Waals surface area (Å²) in [4.78, 5) is 39.1. The largest absolute Gasteiger partial charge is 0.478 e. The molecule has 2 rings (SSSR count). The fourth-order valence-corrected chi connectivity index (χ4v) is 2.52. The quantitative estimate of drug-likeness (QED) is 0.664. The van der Waals surface area contributed by atoms with Crippen molar-refractivity contribution in [2.75, 3.05) is 24.7 Å². The molecule has 5 N–H and O–H groups in total. The SMILES string of the molecule is Cc1cc(N(C)C)ccc1-c1c(C(=O)O)c(N)[nH]c(=O)c1C(=O)O. The fraction of sp³-hybridized carbons (Fsp3) is 0.188. The number of carboxylic acid groups (broad SMARTS) is 2. The Morgan fingerprint density at radius 3 is 2.17 bits per heavy atom. The van der Waals surface area contributed by atoms with Gasteiger partial charge in [0.05, 0.1) is 0 Å². The Kier molecular flexibility index (Phi) is 4.32. The van der Waals surface area contributed by atoms with Gasteiger partial charge in [-0.3, -0.25) is 4.79 Å². The van der Waals surface area contributed by atoms with Crippen molar-refractivity contribution in [1.29, 1.82) is 0 Å². The summed E-state index contributed by atoms with van der Waals surface area (Å²) in [6.45, 7) is 1.71. The number of hydrogen-bond acceptors (Lipinski definition) is 5. The van der Waals surface area contributed by atoms with Gasteiger partial charge in [0.15, 0.2) is 0 Å². The summed E-state index contributed by atoms with van der Waals surface area (Å²) in [5.74, 6) is -3.33. The number of aromatic carboxylic acids is 2. The molecule has 0 aliphatic heterocycles. The predicted octanol–water partition coefficient (Wildman–Crippen LogP) is 1.39. The van der Waals surface area contributed by atoms with Crippen LogP contribution in [0.5, 0.6) is 0 Å². The summed E-state index contributed by atoms with van der Waals surface area (Å²) in [6, 6.07) is 5.05. The second kappa shape index (κ2) is 6.07. The summed E-state index contributed by atoms with van der Waals surface area (Å²) in [7, 11) is 3.68. The van der Waals surface area contributed by atoms with E-state index in [1.165, 1.54) is 0 Å². The molecule has 1 heterocycles. The van der Waals surface area contributed by atoms with Gasteiger partial charge in [-0.1, -0.05) is 6.07 Å². The first kappa shape index (κ1) is 17.1. The zero-order valence-corrected chi connectivity index (χ0v) is 13.4. The smallest absolute Gasteiger partial charge is 0.342 e. The van der Waals surface area contributed by atoms with Gasteiger partial charge in [-0.25, -0.2) is 9.59 Å². The van der Waals surface area contributed by atoms with Crippen LogP contribution in [0, 0.1) is 6.92 Å². The van der Waals surface area contributed by atoms with Gasteiger partial charge in [0.25, 0.3) is 5.56 Å². The van der Waals surface area contributed by atoms with E-state index in [2.05, 4.69) is 4.98 Å². The van der Waals surface area contributed by atoms with E-state index in [4.69, 9.17) is 5.73 Å². The van der Waals surface area contributed by atoms with Crippen molar-refractivity contribution in [1.82, 2.24) is 4.98 Å². The van der Waals surface area contributed by atoms with E-state index in [1.807, 2.05) is 19.0 Å². The van der Waals surface area contributed by atoms with E-state index in [-0.39, 0.29) is 11.4 Å². The zero-order chi connectivity index (χ0) is 18.2. The molecule has 0 radical (unpaired) electrons. The number of nitrogens with two attached hydrogens (primary N) is 1. The number of benzene rings is 1. The Morgan fingerprint density at radius 1 is 1.12 bits per heavy atom. The topological polar surface area (TPSA) is 137 Å². The summed E-state index contributed by atoms with van der Waals surface area (Å²) in [6.07, 6.45) is 0. The molecule has 0 atom stereocenters. The van der Waals surface area contributed by atoms with Gasteiger partial charge in [0.2, 0.25) is 0 Å². The molecular weight excluding hydrogens is 314 g/mol. The Morgan fingerprint density at radius 2 is 1.71 bits per heavy atom. The number of aromatic amines is 1. The monoisotopic (exact) mass is 331 g/mol. The normalized spacial score (nSPS) is 10.5. The number of aromatic nitrogens is 1. The lowest BCUT2D eigenvalue weighted by Crippen LogP contribution is -2.24. The zero-order valence-electron chi connectivity index (χ0n) is 13.4. The van der Waals surface area contributed by atoms with Gasteiger partial charge >= 0.3 is 11.9 Å². The van der Waals surface area contributed by atoms with Crippen LogP contribution in [0.3, 0.4) is 0 Å². The van der Waals surface area contributed by atoms with Crippen LogP contribution < -0.4 is 16.2 Å². The maximum absolute atomic E-state index is 12.0. The lowest BCUT2D eigenvalue weighted by molar-refractivity contribution is 0.0695. The van der Waals surface area contributed by atoms with Crippen LogP contribution in [0.15, 0.2) is 23.0 Å². The molecule has 0 aliphatic carbocycles. The second-order valence-corrected chi connectivity index (χ2v) is 5.50. The molecule has 126 valence electrons. The van der Waals surface area contributed by atoms with Crippen molar-refractivity contribution in [3.8, 4) is 11.1 Å². The number of nitrogens with zero attached hydrogens (tertiary/aromatic N) is 1. The average molecular weight is 331 g/mol. The maximum atomic E-state index is 12.0. The second-order valence-electron chi connectivity index (χ2n) is 5.50. The maximum Gasteiger partial charge on any atom is 0.342 e. The molecule has 0 unspecified atom stereocenters. The third-order valence-electron chi connectivity index (χ3n) is 3.67. The number of hydrogen-bond donors (Lipinski definition) is 4. The first-order valence-corrected chi connectivity index (χ1v) is 6.95. The highest BCUT2D eigenvalue weighted by Gasteiger charge is 2.27. The van der Waals surface area contributed by atoms with Gasteiger partial charge in [-0.15, -0.1) is 0 Å². The van der Waals surface area contributed by atoms with E-state index in [0.29, 0.717) is 11.1 Å². The number of anilines is 2. The van der Waals surface area contributed by atoms with Gasteiger partial charge in [0, 0.05) is 25.3 Å². The highest BCUT2D eigenvalue weighted by atomic mass is 16.4. The summed E-state index contributed by atoms with van der Waals surface area (Å²) in [5, 5.41) is 18.8. The van der Waals surface area contributed by atoms with Gasteiger partial charge in [-0.2, -0.15) is 0 Å².